The van der Waals surface area contributed by atoms with Crippen molar-refractivity contribution in [3.05, 3.63) is 60.2 Å². The van der Waals surface area contributed by atoms with Crippen LogP contribution in [0.3, 0.4) is 0 Å². The van der Waals surface area contributed by atoms with Crippen molar-refractivity contribution < 1.29 is 24.5 Å². The Labute approximate surface area is 172 Å². The molecule has 3 aliphatic heterocycles. The van der Waals surface area contributed by atoms with Crippen molar-refractivity contribution in [3.63, 3.8) is 0 Å². The Morgan fingerprint density at radius 1 is 1.10 bits per heavy atom. The molecule has 1 aromatic rings. The molecule has 4 rings (SSSR count). The number of hydrogen-bond donors (Lipinski definition) is 2. The lowest BCUT2D eigenvalue weighted by molar-refractivity contribution is -0.137. The molecule has 0 aromatic heterocycles. The minimum atomic E-state index is -0.745. The number of aliphatic carboxylic acids is 1. The van der Waals surface area contributed by atoms with Gasteiger partial charge in [0.25, 0.3) is 0 Å². The van der Waals surface area contributed by atoms with Gasteiger partial charge in [0.05, 0.1) is 18.3 Å². The molecule has 8 atom stereocenters. The van der Waals surface area contributed by atoms with Gasteiger partial charge in [-0.05, 0) is 24.8 Å². The molecule has 3 fully saturated rings. The molecule has 0 spiro atoms. The molecule has 0 aliphatic carbocycles. The zero-order valence-electron chi connectivity index (χ0n) is 16.8. The highest BCUT2D eigenvalue weighted by Crippen LogP contribution is 2.55. The summed E-state index contributed by atoms with van der Waals surface area (Å²) >= 11 is 0. The van der Waals surface area contributed by atoms with Gasteiger partial charge in [0.2, 0.25) is 0 Å². The fourth-order valence-electron chi connectivity index (χ4n) is 4.77. The third-order valence-corrected chi connectivity index (χ3v) is 6.52. The molecule has 3 saturated heterocycles. The first-order valence-corrected chi connectivity index (χ1v) is 10.7. The molecular weight excluding hydrogens is 368 g/mol. The smallest absolute Gasteiger partial charge is 0.303 e. The second-order valence-electron chi connectivity index (χ2n) is 8.44. The minimum Gasteiger partial charge on any atom is -0.481 e. The van der Waals surface area contributed by atoms with Gasteiger partial charge in [0.1, 0.15) is 12.2 Å². The Morgan fingerprint density at radius 3 is 2.59 bits per heavy atom. The number of unbranched alkanes of at least 4 members (excludes halogenated alkanes) is 1. The molecule has 1 aromatic carbocycles. The third kappa shape index (κ3) is 4.47. The van der Waals surface area contributed by atoms with E-state index >= 15 is 0 Å². The van der Waals surface area contributed by atoms with Crippen LogP contribution >= 0.6 is 0 Å². The van der Waals surface area contributed by atoms with Gasteiger partial charge in [-0.25, -0.2) is 0 Å². The lowest BCUT2D eigenvalue weighted by Gasteiger charge is -2.23. The van der Waals surface area contributed by atoms with Crippen molar-refractivity contribution in [2.45, 2.75) is 69.0 Å². The molecule has 29 heavy (non-hydrogen) atoms. The number of allylic oxidation sites excluding steroid dienone is 2. The van der Waals surface area contributed by atoms with Gasteiger partial charge in [-0.15, -0.1) is 0 Å². The number of aliphatic hydroxyl groups excluding tert-OH is 1. The lowest BCUT2D eigenvalue weighted by Crippen LogP contribution is -2.31. The number of hydrogen-bond acceptors (Lipinski definition) is 4. The maximum atomic E-state index is 10.7. The van der Waals surface area contributed by atoms with Gasteiger partial charge in [-0.1, -0.05) is 61.6 Å². The molecular formula is C24H30O5. The van der Waals surface area contributed by atoms with Crippen LogP contribution in [-0.2, 0) is 14.3 Å². The van der Waals surface area contributed by atoms with E-state index in [0.717, 1.165) is 18.4 Å². The Kier molecular flexibility index (Phi) is 6.18. The van der Waals surface area contributed by atoms with Crippen LogP contribution in [0.4, 0.5) is 0 Å². The minimum absolute atomic E-state index is 0.0319. The summed E-state index contributed by atoms with van der Waals surface area (Å²) in [6.07, 6.45) is 11.0. The van der Waals surface area contributed by atoms with E-state index < -0.39 is 12.1 Å². The van der Waals surface area contributed by atoms with Gasteiger partial charge in [0.15, 0.2) is 0 Å². The van der Waals surface area contributed by atoms with E-state index in [9.17, 15) is 9.90 Å². The Hall–Kier alpha value is -1.95. The fraction of sp³-hybridized carbons (Fsp3) is 0.542. The lowest BCUT2D eigenvalue weighted by atomic mass is 9.77. The monoisotopic (exact) mass is 398 g/mol. The van der Waals surface area contributed by atoms with E-state index in [4.69, 9.17) is 14.6 Å². The topological polar surface area (TPSA) is 79.3 Å². The summed E-state index contributed by atoms with van der Waals surface area (Å²) in [5.41, 5.74) is 1.13. The standard InChI is InChI=1S/C24H30O5/c1-15(16-9-5-4-6-10-16)19(25)14-13-18-17(11-7-2-3-8-12-20(26)27)21-23-24(29-23)22(18)28-21/h2,4-7,9-10,13-15,17-19,21-25H,3,8,11-12H2,1H3,(H,26,27)/t15?,17-,18+,19?,21+,22-,23-,24+/m0/s1. The number of carboxylic acids is 1. The molecule has 3 heterocycles. The molecule has 2 N–H and O–H groups in total. The number of ether oxygens (including phenoxy) is 2. The first-order valence-electron chi connectivity index (χ1n) is 10.7. The van der Waals surface area contributed by atoms with E-state index in [1.54, 1.807) is 0 Å². The van der Waals surface area contributed by atoms with Crippen LogP contribution in [0.5, 0.6) is 0 Å². The van der Waals surface area contributed by atoms with Crippen molar-refractivity contribution >= 4 is 5.97 Å². The van der Waals surface area contributed by atoms with Crippen molar-refractivity contribution in [2.24, 2.45) is 11.8 Å². The van der Waals surface area contributed by atoms with Crippen LogP contribution in [0.1, 0.15) is 44.1 Å². The average Bonchev–Trinajstić information content (AvgIpc) is 3.35. The highest BCUT2D eigenvalue weighted by atomic mass is 16.7. The Morgan fingerprint density at radius 2 is 1.83 bits per heavy atom. The van der Waals surface area contributed by atoms with Crippen LogP contribution in [0.15, 0.2) is 54.6 Å². The number of benzene rings is 1. The average molecular weight is 398 g/mol. The zero-order chi connectivity index (χ0) is 20.4. The highest BCUT2D eigenvalue weighted by Gasteiger charge is 2.68. The van der Waals surface area contributed by atoms with Gasteiger partial charge in [0, 0.05) is 24.2 Å². The molecule has 156 valence electrons. The van der Waals surface area contributed by atoms with E-state index in [1.807, 2.05) is 43.3 Å². The Balaban J connectivity index is 1.35. The fourth-order valence-corrected chi connectivity index (χ4v) is 4.77. The maximum absolute atomic E-state index is 10.7. The van der Waals surface area contributed by atoms with E-state index in [2.05, 4.69) is 18.2 Å². The number of aliphatic hydroxyl groups is 1. The SMILES string of the molecule is CC(c1ccccc1)C(O)C=C[C@@H]1[C@H](CC=CCCCC(=O)O)[C@H]2O[C@@H]1[C@H]1O[C@H]12. The normalized spacial score (nSPS) is 34.6. The van der Waals surface area contributed by atoms with Crippen LogP contribution in [-0.4, -0.2) is 46.7 Å². The quantitative estimate of drug-likeness (QED) is 0.357. The predicted octanol–water partition coefficient (Wildman–Crippen LogP) is 3.69. The van der Waals surface area contributed by atoms with E-state index in [1.165, 1.54) is 0 Å². The summed E-state index contributed by atoms with van der Waals surface area (Å²) in [5, 5.41) is 19.4. The van der Waals surface area contributed by atoms with E-state index in [-0.39, 0.29) is 42.7 Å². The number of carbonyl (C=O) groups is 1. The van der Waals surface area contributed by atoms with Gasteiger partial charge >= 0.3 is 5.97 Å². The molecule has 0 saturated carbocycles. The van der Waals surface area contributed by atoms with Crippen molar-refractivity contribution in [3.8, 4) is 0 Å². The van der Waals surface area contributed by atoms with E-state index in [0.29, 0.717) is 12.3 Å². The van der Waals surface area contributed by atoms with Crippen molar-refractivity contribution in [1.82, 2.24) is 0 Å². The number of rotatable bonds is 10. The molecule has 2 bridgehead atoms. The predicted molar refractivity (Wildman–Crippen MR) is 110 cm³/mol. The van der Waals surface area contributed by atoms with Gasteiger partial charge in [-0.3, -0.25) is 4.79 Å². The second kappa shape index (κ2) is 8.82. The first kappa shape index (κ1) is 20.3. The van der Waals surface area contributed by atoms with Crippen molar-refractivity contribution in [2.75, 3.05) is 0 Å². The summed E-state index contributed by atoms with van der Waals surface area (Å²) in [6, 6.07) is 10.1. The highest BCUT2D eigenvalue weighted by molar-refractivity contribution is 5.66. The summed E-state index contributed by atoms with van der Waals surface area (Å²) in [4.78, 5) is 10.6. The summed E-state index contributed by atoms with van der Waals surface area (Å²) in [6.45, 7) is 2.04. The number of fused-ring (bicyclic) bond motifs is 5. The largest absolute Gasteiger partial charge is 0.481 e. The molecule has 5 nitrogen and oxygen atoms in total. The van der Waals surface area contributed by atoms with Gasteiger partial charge < -0.3 is 19.7 Å². The number of carboxylic acid groups (broad SMARTS) is 1. The van der Waals surface area contributed by atoms with Crippen molar-refractivity contribution in [1.29, 1.82) is 0 Å². The molecule has 3 aliphatic rings. The van der Waals surface area contributed by atoms with Crippen LogP contribution in [0.25, 0.3) is 0 Å². The first-order chi connectivity index (χ1) is 14.1. The summed E-state index contributed by atoms with van der Waals surface area (Å²) < 4.78 is 12.0. The van der Waals surface area contributed by atoms with Crippen LogP contribution in [0.2, 0.25) is 0 Å². The molecule has 0 amide bonds. The zero-order valence-corrected chi connectivity index (χ0v) is 16.8. The Bertz CT molecular complexity index is 758. The maximum Gasteiger partial charge on any atom is 0.303 e. The molecule has 2 unspecified atom stereocenters. The molecule has 0 radical (unpaired) electrons. The summed E-state index contributed by atoms with van der Waals surface area (Å²) in [5.74, 6) is -0.130. The number of epoxide rings is 1. The third-order valence-electron chi connectivity index (χ3n) is 6.52. The summed E-state index contributed by atoms with van der Waals surface area (Å²) in [7, 11) is 0. The van der Waals surface area contributed by atoms with Crippen LogP contribution < -0.4 is 0 Å². The van der Waals surface area contributed by atoms with Crippen LogP contribution in [0, 0.1) is 11.8 Å². The molecule has 5 heteroatoms. The van der Waals surface area contributed by atoms with Gasteiger partial charge in [-0.2, -0.15) is 0 Å². The second-order valence-corrected chi connectivity index (χ2v) is 8.44.